The topological polar surface area (TPSA) is 67.8 Å². The van der Waals surface area contributed by atoms with Gasteiger partial charge in [0.2, 0.25) is 0 Å². The molecule has 0 fully saturated rings. The Balaban J connectivity index is 3.12. The van der Waals surface area contributed by atoms with Crippen molar-refractivity contribution in [2.75, 3.05) is 14.2 Å². The van der Waals surface area contributed by atoms with Gasteiger partial charge in [-0.1, -0.05) is 6.07 Å². The Morgan fingerprint density at radius 3 is 2.11 bits per heavy atom. The Hall–Kier alpha value is -1.75. The number of amides is 1. The Morgan fingerprint density at radius 2 is 1.74 bits per heavy atom. The first-order valence-electron chi connectivity index (χ1n) is 6.05. The number of aliphatic hydroxyl groups excluding tert-OH is 1. The number of ether oxygens (including phenoxy) is 2. The van der Waals surface area contributed by atoms with Gasteiger partial charge in [-0.25, -0.2) is 0 Å². The van der Waals surface area contributed by atoms with E-state index in [1.807, 2.05) is 0 Å². The predicted octanol–water partition coefficient (Wildman–Crippen LogP) is 1.59. The van der Waals surface area contributed by atoms with Gasteiger partial charge in [-0.3, -0.25) is 4.79 Å². The highest BCUT2D eigenvalue weighted by Gasteiger charge is 2.29. The highest BCUT2D eigenvalue weighted by atomic mass is 16.5. The van der Waals surface area contributed by atoms with Crippen molar-refractivity contribution < 1.29 is 19.4 Å². The van der Waals surface area contributed by atoms with E-state index in [9.17, 15) is 9.90 Å². The van der Waals surface area contributed by atoms with Crippen LogP contribution in [0.3, 0.4) is 0 Å². The maximum Gasteiger partial charge on any atom is 0.259 e. The van der Waals surface area contributed by atoms with Crippen LogP contribution in [0.4, 0.5) is 0 Å². The fourth-order valence-corrected chi connectivity index (χ4v) is 1.53. The molecule has 2 N–H and O–H groups in total. The van der Waals surface area contributed by atoms with Gasteiger partial charge in [0.05, 0.1) is 25.9 Å². The summed E-state index contributed by atoms with van der Waals surface area (Å²) >= 11 is 0. The molecule has 0 aromatic heterocycles. The number of hydrogen-bond donors (Lipinski definition) is 2. The summed E-state index contributed by atoms with van der Waals surface area (Å²) < 4.78 is 10.4. The van der Waals surface area contributed by atoms with Crippen molar-refractivity contribution in [1.29, 1.82) is 0 Å². The third-order valence-electron chi connectivity index (χ3n) is 3.14. The van der Waals surface area contributed by atoms with Crippen LogP contribution in [0.5, 0.6) is 11.5 Å². The Kier molecular flexibility index (Phi) is 4.78. The summed E-state index contributed by atoms with van der Waals surface area (Å²) in [5.74, 6) is 0.511. The maximum atomic E-state index is 12.3. The minimum Gasteiger partial charge on any atom is -0.496 e. The highest BCUT2D eigenvalue weighted by Crippen LogP contribution is 2.28. The summed E-state index contributed by atoms with van der Waals surface area (Å²) in [7, 11) is 2.98. The summed E-state index contributed by atoms with van der Waals surface area (Å²) in [5, 5.41) is 12.4. The molecular weight excluding hydrogens is 246 g/mol. The number of benzene rings is 1. The van der Waals surface area contributed by atoms with Gasteiger partial charge < -0.3 is 19.9 Å². The number of aliphatic hydroxyl groups is 1. The van der Waals surface area contributed by atoms with Crippen LogP contribution >= 0.6 is 0 Å². The van der Waals surface area contributed by atoms with Crippen LogP contribution < -0.4 is 14.8 Å². The largest absolute Gasteiger partial charge is 0.496 e. The Morgan fingerprint density at radius 1 is 1.26 bits per heavy atom. The maximum absolute atomic E-state index is 12.3. The van der Waals surface area contributed by atoms with E-state index in [2.05, 4.69) is 5.32 Å². The van der Waals surface area contributed by atoms with E-state index >= 15 is 0 Å². The molecule has 1 amide bonds. The average Bonchev–Trinajstić information content (AvgIpc) is 2.36. The lowest BCUT2D eigenvalue weighted by atomic mass is 9.98. The molecule has 0 saturated heterocycles. The van der Waals surface area contributed by atoms with Crippen molar-refractivity contribution in [3.05, 3.63) is 23.8 Å². The second-order valence-electron chi connectivity index (χ2n) is 4.89. The minimum atomic E-state index is -0.747. The van der Waals surface area contributed by atoms with Gasteiger partial charge in [-0.05, 0) is 32.9 Å². The molecule has 5 heteroatoms. The molecule has 1 rings (SSSR count). The number of hydrogen-bond acceptors (Lipinski definition) is 4. The van der Waals surface area contributed by atoms with Gasteiger partial charge in [-0.2, -0.15) is 0 Å². The second kappa shape index (κ2) is 5.93. The quantitative estimate of drug-likeness (QED) is 0.850. The van der Waals surface area contributed by atoms with Gasteiger partial charge >= 0.3 is 0 Å². The van der Waals surface area contributed by atoms with Gasteiger partial charge in [0, 0.05) is 0 Å². The third kappa shape index (κ3) is 3.38. The van der Waals surface area contributed by atoms with E-state index in [1.165, 1.54) is 14.2 Å². The van der Waals surface area contributed by atoms with Crippen LogP contribution in [0, 0.1) is 0 Å². The smallest absolute Gasteiger partial charge is 0.259 e. The van der Waals surface area contributed by atoms with Gasteiger partial charge in [0.25, 0.3) is 5.91 Å². The number of nitrogens with one attached hydrogen (secondary N) is 1. The monoisotopic (exact) mass is 267 g/mol. The van der Waals surface area contributed by atoms with E-state index < -0.39 is 11.6 Å². The Labute approximate surface area is 113 Å². The zero-order chi connectivity index (χ0) is 14.6. The molecule has 1 aromatic rings. The average molecular weight is 267 g/mol. The molecule has 1 unspecified atom stereocenters. The van der Waals surface area contributed by atoms with Crippen molar-refractivity contribution >= 4 is 5.91 Å². The van der Waals surface area contributed by atoms with Crippen LogP contribution in [-0.2, 0) is 0 Å². The lowest BCUT2D eigenvalue weighted by molar-refractivity contribution is 0.0704. The van der Waals surface area contributed by atoms with Gasteiger partial charge in [0.15, 0.2) is 0 Å². The molecule has 19 heavy (non-hydrogen) atoms. The predicted molar refractivity (Wildman–Crippen MR) is 72.8 cm³/mol. The molecule has 106 valence electrons. The molecule has 5 nitrogen and oxygen atoms in total. The molecule has 0 aliphatic heterocycles. The van der Waals surface area contributed by atoms with Crippen LogP contribution in [-0.4, -0.2) is 36.9 Å². The first-order valence-corrected chi connectivity index (χ1v) is 6.05. The first-order chi connectivity index (χ1) is 8.83. The zero-order valence-electron chi connectivity index (χ0n) is 12.0. The third-order valence-corrected chi connectivity index (χ3v) is 3.14. The fraction of sp³-hybridized carbons (Fsp3) is 0.500. The van der Waals surface area contributed by atoms with Crippen molar-refractivity contribution in [3.8, 4) is 11.5 Å². The molecular formula is C14H21NO4. The van der Waals surface area contributed by atoms with E-state index in [1.54, 1.807) is 39.0 Å². The molecule has 0 saturated carbocycles. The van der Waals surface area contributed by atoms with E-state index in [4.69, 9.17) is 9.47 Å². The normalized spacial score (nSPS) is 12.7. The van der Waals surface area contributed by atoms with Crippen molar-refractivity contribution in [2.24, 2.45) is 0 Å². The van der Waals surface area contributed by atoms with E-state index in [0.717, 1.165) is 0 Å². The molecule has 0 aliphatic rings. The summed E-state index contributed by atoms with van der Waals surface area (Å²) in [6.45, 7) is 5.12. The number of rotatable bonds is 5. The number of carbonyl (C=O) groups excluding carboxylic acids is 1. The Bertz CT molecular complexity index is 433. The lowest BCUT2D eigenvalue weighted by Gasteiger charge is -2.29. The van der Waals surface area contributed by atoms with Gasteiger partial charge in [-0.15, -0.1) is 0 Å². The zero-order valence-corrected chi connectivity index (χ0v) is 12.0. The summed E-state index contributed by atoms with van der Waals surface area (Å²) in [4.78, 5) is 12.3. The molecule has 1 aromatic carbocycles. The van der Waals surface area contributed by atoms with Crippen molar-refractivity contribution in [3.63, 3.8) is 0 Å². The molecule has 0 bridgehead atoms. The fourth-order valence-electron chi connectivity index (χ4n) is 1.53. The number of carbonyl (C=O) groups is 1. The van der Waals surface area contributed by atoms with E-state index in [-0.39, 0.29) is 5.91 Å². The lowest BCUT2D eigenvalue weighted by Crippen LogP contribution is -2.51. The van der Waals surface area contributed by atoms with Crippen LogP contribution in [0.1, 0.15) is 31.1 Å². The molecule has 0 aliphatic carbocycles. The minimum absolute atomic E-state index is 0.321. The molecule has 1 atom stereocenters. The van der Waals surface area contributed by atoms with Crippen LogP contribution in [0.2, 0.25) is 0 Å². The first kappa shape index (κ1) is 15.3. The van der Waals surface area contributed by atoms with Crippen molar-refractivity contribution in [1.82, 2.24) is 5.32 Å². The molecule has 0 radical (unpaired) electrons. The van der Waals surface area contributed by atoms with Crippen LogP contribution in [0.15, 0.2) is 18.2 Å². The standard InChI is InChI=1S/C14H21NO4/c1-9(16)14(2,3)15-13(17)12-10(18-4)7-6-8-11(12)19-5/h6-9,16H,1-5H3,(H,15,17). The van der Waals surface area contributed by atoms with Gasteiger partial charge in [0.1, 0.15) is 17.1 Å². The molecule has 0 spiro atoms. The highest BCUT2D eigenvalue weighted by molar-refractivity contribution is 6.00. The summed E-state index contributed by atoms with van der Waals surface area (Å²) in [5.41, 5.74) is -0.426. The van der Waals surface area contributed by atoms with E-state index in [0.29, 0.717) is 17.1 Å². The van der Waals surface area contributed by atoms with Crippen LogP contribution in [0.25, 0.3) is 0 Å². The SMILES string of the molecule is COc1cccc(OC)c1C(=O)NC(C)(C)C(C)O. The summed E-state index contributed by atoms with van der Waals surface area (Å²) in [6, 6.07) is 5.12. The second-order valence-corrected chi connectivity index (χ2v) is 4.89. The van der Waals surface area contributed by atoms with Crippen molar-refractivity contribution in [2.45, 2.75) is 32.4 Å². The molecule has 0 heterocycles. The number of methoxy groups -OCH3 is 2. The summed E-state index contributed by atoms with van der Waals surface area (Å²) in [6.07, 6.45) is -0.683.